The molecule has 0 atom stereocenters. The van der Waals surface area contributed by atoms with E-state index in [2.05, 4.69) is 12.2 Å². The zero-order valence-electron chi connectivity index (χ0n) is 18.7. The van der Waals surface area contributed by atoms with Gasteiger partial charge in [-0.05, 0) is 42.3 Å². The second-order valence-electron chi connectivity index (χ2n) is 7.84. The summed E-state index contributed by atoms with van der Waals surface area (Å²) in [7, 11) is 1.42. The van der Waals surface area contributed by atoms with E-state index in [1.807, 2.05) is 59.3 Å². The van der Waals surface area contributed by atoms with Gasteiger partial charge in [-0.1, -0.05) is 74.0 Å². The minimum atomic E-state index is -0.306. The summed E-state index contributed by atoms with van der Waals surface area (Å²) >= 11 is 12.5. The Morgan fingerprint density at radius 3 is 2.31 bits per heavy atom. The van der Waals surface area contributed by atoms with E-state index in [4.69, 9.17) is 27.9 Å². The van der Waals surface area contributed by atoms with Gasteiger partial charge in [0.2, 0.25) is 0 Å². The van der Waals surface area contributed by atoms with Gasteiger partial charge in [-0.2, -0.15) is 0 Å². The van der Waals surface area contributed by atoms with E-state index < -0.39 is 0 Å². The van der Waals surface area contributed by atoms with Gasteiger partial charge < -0.3 is 14.6 Å². The molecule has 0 bridgehead atoms. The van der Waals surface area contributed by atoms with Crippen LogP contribution in [0.25, 0.3) is 11.1 Å². The Morgan fingerprint density at radius 2 is 1.66 bits per heavy atom. The van der Waals surface area contributed by atoms with Crippen LogP contribution in [0.3, 0.4) is 0 Å². The molecule has 1 heterocycles. The summed E-state index contributed by atoms with van der Waals surface area (Å²) in [4.78, 5) is 12.3. The Hall–Kier alpha value is -2.43. The molecule has 0 fully saturated rings. The normalized spacial score (nSPS) is 10.9. The number of unbranched alkanes of at least 4 members (excludes halogenated alkanes) is 4. The average molecular weight is 473 g/mol. The lowest BCUT2D eigenvalue weighted by atomic mass is 10.1. The van der Waals surface area contributed by atoms with Gasteiger partial charge in [0, 0.05) is 46.1 Å². The molecule has 1 aromatic heterocycles. The van der Waals surface area contributed by atoms with E-state index >= 15 is 0 Å². The van der Waals surface area contributed by atoms with E-state index in [9.17, 15) is 4.79 Å². The highest BCUT2D eigenvalue weighted by Gasteiger charge is 2.15. The molecule has 0 radical (unpaired) electrons. The van der Waals surface area contributed by atoms with Gasteiger partial charge in [-0.15, -0.1) is 0 Å². The highest BCUT2D eigenvalue weighted by Crippen LogP contribution is 2.27. The fourth-order valence-corrected chi connectivity index (χ4v) is 4.22. The number of carbonyl (C=O) groups is 1. The van der Waals surface area contributed by atoms with Crippen molar-refractivity contribution in [3.05, 3.63) is 76.0 Å². The second kappa shape index (κ2) is 12.0. The van der Waals surface area contributed by atoms with Gasteiger partial charge in [0.05, 0.1) is 7.11 Å². The Balaban J connectivity index is 1.69. The quantitative estimate of drug-likeness (QED) is 0.228. The number of methoxy groups -OCH3 is 1. The van der Waals surface area contributed by atoms with E-state index in [0.717, 1.165) is 41.8 Å². The topological polar surface area (TPSA) is 43.3 Å². The molecular weight excluding hydrogens is 443 g/mol. The number of halogens is 2. The van der Waals surface area contributed by atoms with E-state index in [1.165, 1.54) is 26.4 Å². The van der Waals surface area contributed by atoms with E-state index in [0.29, 0.717) is 22.3 Å². The Morgan fingerprint density at radius 1 is 0.969 bits per heavy atom. The number of ether oxygens (including phenoxy) is 1. The minimum absolute atomic E-state index is 0.306. The Labute approximate surface area is 200 Å². The highest BCUT2D eigenvalue weighted by molar-refractivity contribution is 6.36. The number of benzene rings is 2. The zero-order chi connectivity index (χ0) is 22.9. The van der Waals surface area contributed by atoms with Crippen molar-refractivity contribution in [3.63, 3.8) is 0 Å². The summed E-state index contributed by atoms with van der Waals surface area (Å²) in [6.45, 7) is 3.56. The molecule has 3 rings (SSSR count). The minimum Gasteiger partial charge on any atom is -0.464 e. The van der Waals surface area contributed by atoms with Gasteiger partial charge >= 0.3 is 5.97 Å². The SMILES string of the molecule is CCCCCCCn1cc(-c2ccc(NCc3c(Cl)cccc3Cl)cc2)cc1C(=O)OC. The van der Waals surface area contributed by atoms with Crippen molar-refractivity contribution in [2.75, 3.05) is 12.4 Å². The standard InChI is InChI=1S/C26H30Cl2N2O2/c1-3-4-5-6-7-15-30-18-20(16-25(30)26(31)32-2)19-11-13-21(14-12-19)29-17-22-23(27)9-8-10-24(22)28/h8-14,16,18,29H,3-7,15,17H2,1-2H3. The number of nitrogens with one attached hydrogen (secondary N) is 1. The first-order chi connectivity index (χ1) is 15.5. The molecule has 170 valence electrons. The maximum atomic E-state index is 12.3. The molecule has 0 aliphatic heterocycles. The van der Waals surface area contributed by atoms with Crippen LogP contribution in [0.5, 0.6) is 0 Å². The van der Waals surface area contributed by atoms with Crippen LogP contribution in [-0.2, 0) is 17.8 Å². The zero-order valence-corrected chi connectivity index (χ0v) is 20.2. The van der Waals surface area contributed by atoms with Gasteiger partial charge in [0.25, 0.3) is 0 Å². The lowest BCUT2D eigenvalue weighted by Crippen LogP contribution is -2.10. The molecule has 32 heavy (non-hydrogen) atoms. The monoisotopic (exact) mass is 472 g/mol. The number of aromatic nitrogens is 1. The van der Waals surface area contributed by atoms with Crippen LogP contribution in [0.1, 0.15) is 55.1 Å². The summed E-state index contributed by atoms with van der Waals surface area (Å²) in [5, 5.41) is 4.65. The number of carbonyl (C=O) groups excluding carboxylic acids is 1. The number of nitrogens with zero attached hydrogens (tertiary/aromatic N) is 1. The van der Waals surface area contributed by atoms with Crippen molar-refractivity contribution in [2.24, 2.45) is 0 Å². The first-order valence-electron chi connectivity index (χ1n) is 11.1. The van der Waals surface area contributed by atoms with Crippen LogP contribution in [-0.4, -0.2) is 17.6 Å². The fraction of sp³-hybridized carbons (Fsp3) is 0.346. The summed E-state index contributed by atoms with van der Waals surface area (Å²) in [5.41, 5.74) is 4.47. The van der Waals surface area contributed by atoms with Crippen LogP contribution >= 0.6 is 23.2 Å². The molecule has 0 unspecified atom stereocenters. The number of anilines is 1. The van der Waals surface area contributed by atoms with Crippen LogP contribution in [0.4, 0.5) is 5.69 Å². The summed E-state index contributed by atoms with van der Waals surface area (Å²) in [6.07, 6.45) is 7.95. The summed E-state index contributed by atoms with van der Waals surface area (Å²) in [5.74, 6) is -0.306. The molecule has 4 nitrogen and oxygen atoms in total. The molecule has 0 spiro atoms. The predicted octanol–water partition coefficient (Wildman–Crippen LogP) is 7.83. The lowest BCUT2D eigenvalue weighted by molar-refractivity contribution is 0.0588. The third-order valence-corrected chi connectivity index (χ3v) is 6.25. The van der Waals surface area contributed by atoms with Crippen LogP contribution in [0.15, 0.2) is 54.7 Å². The van der Waals surface area contributed by atoms with Crippen molar-refractivity contribution >= 4 is 34.9 Å². The van der Waals surface area contributed by atoms with Crippen LogP contribution < -0.4 is 5.32 Å². The number of esters is 1. The molecule has 0 saturated heterocycles. The molecule has 6 heteroatoms. The van der Waals surface area contributed by atoms with Crippen molar-refractivity contribution < 1.29 is 9.53 Å². The predicted molar refractivity (Wildman–Crippen MR) is 134 cm³/mol. The number of hydrogen-bond donors (Lipinski definition) is 1. The third kappa shape index (κ3) is 6.30. The third-order valence-electron chi connectivity index (χ3n) is 5.54. The molecule has 3 aromatic rings. The maximum Gasteiger partial charge on any atom is 0.354 e. The molecule has 0 amide bonds. The fourth-order valence-electron chi connectivity index (χ4n) is 3.69. The van der Waals surface area contributed by atoms with Crippen molar-refractivity contribution in [1.82, 2.24) is 4.57 Å². The number of rotatable bonds is 11. The lowest BCUT2D eigenvalue weighted by Gasteiger charge is -2.10. The molecular formula is C26H30Cl2N2O2. The smallest absolute Gasteiger partial charge is 0.354 e. The van der Waals surface area contributed by atoms with Gasteiger partial charge in [-0.3, -0.25) is 0 Å². The van der Waals surface area contributed by atoms with Gasteiger partial charge in [0.15, 0.2) is 0 Å². The van der Waals surface area contributed by atoms with Gasteiger partial charge in [0.1, 0.15) is 5.69 Å². The van der Waals surface area contributed by atoms with E-state index in [-0.39, 0.29) is 5.97 Å². The molecule has 0 saturated carbocycles. The van der Waals surface area contributed by atoms with Crippen LogP contribution in [0.2, 0.25) is 10.0 Å². The molecule has 1 N–H and O–H groups in total. The Kier molecular flexibility index (Phi) is 9.07. The Bertz CT molecular complexity index is 1010. The maximum absolute atomic E-state index is 12.3. The molecule has 0 aliphatic carbocycles. The molecule has 2 aromatic carbocycles. The van der Waals surface area contributed by atoms with Crippen molar-refractivity contribution in [3.8, 4) is 11.1 Å². The van der Waals surface area contributed by atoms with Crippen LogP contribution in [0, 0.1) is 0 Å². The number of aryl methyl sites for hydroxylation is 1. The largest absolute Gasteiger partial charge is 0.464 e. The van der Waals surface area contributed by atoms with Gasteiger partial charge in [-0.25, -0.2) is 4.79 Å². The molecule has 0 aliphatic rings. The summed E-state index contributed by atoms with van der Waals surface area (Å²) < 4.78 is 7.00. The average Bonchev–Trinajstić information content (AvgIpc) is 3.22. The highest BCUT2D eigenvalue weighted by atomic mass is 35.5. The summed E-state index contributed by atoms with van der Waals surface area (Å²) in [6, 6.07) is 15.5. The first-order valence-corrected chi connectivity index (χ1v) is 11.8. The van der Waals surface area contributed by atoms with E-state index in [1.54, 1.807) is 0 Å². The van der Waals surface area contributed by atoms with Crippen molar-refractivity contribution in [1.29, 1.82) is 0 Å². The number of hydrogen-bond acceptors (Lipinski definition) is 3. The van der Waals surface area contributed by atoms with Crippen molar-refractivity contribution in [2.45, 2.75) is 52.1 Å². The first kappa shape index (κ1) is 24.2. The second-order valence-corrected chi connectivity index (χ2v) is 8.66.